The van der Waals surface area contributed by atoms with E-state index < -0.39 is 0 Å². The molecule has 0 spiro atoms. The lowest BCUT2D eigenvalue weighted by atomic mass is 10.2. The summed E-state index contributed by atoms with van der Waals surface area (Å²) >= 11 is 7.50. The van der Waals surface area contributed by atoms with Gasteiger partial charge in [0.1, 0.15) is 23.0 Å². The van der Waals surface area contributed by atoms with Crippen LogP contribution in [0.5, 0.6) is 11.5 Å². The number of nitroso groups, excluding NO2 is 1. The van der Waals surface area contributed by atoms with Crippen molar-refractivity contribution in [3.05, 3.63) is 63.8 Å². The average molecular weight is 476 g/mol. The van der Waals surface area contributed by atoms with E-state index in [0.717, 1.165) is 35.1 Å². The molecule has 1 N–H and O–H groups in total. The van der Waals surface area contributed by atoms with Crippen LogP contribution in [0.3, 0.4) is 0 Å². The maximum atomic E-state index is 10.4. The second-order valence-electron chi connectivity index (χ2n) is 6.92. The fourth-order valence-corrected chi connectivity index (χ4v) is 4.05. The van der Waals surface area contributed by atoms with Crippen molar-refractivity contribution in [2.45, 2.75) is 25.7 Å². The highest BCUT2D eigenvalue weighted by Gasteiger charge is 2.21. The number of para-hydroxylation sites is 1. The number of ether oxygens (including phenoxy) is 2. The summed E-state index contributed by atoms with van der Waals surface area (Å²) in [5.74, 6) is 3.46. The Balaban J connectivity index is 1.80. The van der Waals surface area contributed by atoms with Crippen LogP contribution in [0.1, 0.15) is 24.2 Å². The van der Waals surface area contributed by atoms with Gasteiger partial charge in [0.2, 0.25) is 5.95 Å². The third-order valence-electron chi connectivity index (χ3n) is 4.82. The van der Waals surface area contributed by atoms with Crippen molar-refractivity contribution in [3.63, 3.8) is 0 Å². The fraction of sp³-hybridized carbons (Fsp3) is 0.364. The van der Waals surface area contributed by atoms with E-state index in [1.54, 1.807) is 26.2 Å². The molecule has 0 aliphatic carbocycles. The molecule has 0 unspecified atom stereocenters. The zero-order valence-electron chi connectivity index (χ0n) is 18.1. The van der Waals surface area contributed by atoms with Gasteiger partial charge in [-0.05, 0) is 61.0 Å². The van der Waals surface area contributed by atoms with Gasteiger partial charge in [-0.2, -0.15) is 4.91 Å². The molecular formula is C22H26ClN5O3S. The monoisotopic (exact) mass is 475 g/mol. The summed E-state index contributed by atoms with van der Waals surface area (Å²) in [5.41, 5.74) is 1.94. The van der Waals surface area contributed by atoms with Crippen LogP contribution in [-0.4, -0.2) is 41.3 Å². The summed E-state index contributed by atoms with van der Waals surface area (Å²) in [7, 11) is 3.23. The molecule has 0 saturated carbocycles. The predicted molar refractivity (Wildman–Crippen MR) is 129 cm³/mol. The maximum absolute atomic E-state index is 10.4. The molecule has 3 aromatic rings. The molecule has 10 heteroatoms. The third kappa shape index (κ3) is 6.14. The highest BCUT2D eigenvalue weighted by Crippen LogP contribution is 2.35. The first-order valence-corrected chi connectivity index (χ1v) is 11.6. The fourth-order valence-electron chi connectivity index (χ4n) is 3.23. The summed E-state index contributed by atoms with van der Waals surface area (Å²) in [4.78, 5) is 10.4. The summed E-state index contributed by atoms with van der Waals surface area (Å²) in [6, 6.07) is 13.5. The molecule has 0 radical (unpaired) electrons. The number of unbranched alkanes of at least 4 members (excludes halogenated alkanes) is 1. The number of anilines is 1. The van der Waals surface area contributed by atoms with E-state index in [2.05, 4.69) is 20.1 Å². The van der Waals surface area contributed by atoms with E-state index in [-0.39, 0.29) is 6.54 Å². The number of hydrogen-bond acceptors (Lipinski definition) is 8. The minimum absolute atomic E-state index is 0.289. The van der Waals surface area contributed by atoms with E-state index in [1.165, 1.54) is 5.56 Å². The molecule has 0 atom stereocenters. The molecule has 0 amide bonds. The van der Waals surface area contributed by atoms with Crippen LogP contribution in [0.25, 0.3) is 5.69 Å². The molecule has 3 rings (SSSR count). The zero-order valence-corrected chi connectivity index (χ0v) is 19.7. The van der Waals surface area contributed by atoms with Crippen molar-refractivity contribution in [3.8, 4) is 17.2 Å². The summed E-state index contributed by atoms with van der Waals surface area (Å²) < 4.78 is 16.4. The molecule has 170 valence electrons. The molecule has 0 bridgehead atoms. The topological polar surface area (TPSA) is 90.6 Å². The molecule has 32 heavy (non-hydrogen) atoms. The smallest absolute Gasteiger partial charge is 0.239 e. The second kappa shape index (κ2) is 12.3. The minimum Gasteiger partial charge on any atom is -0.494 e. The molecule has 0 aliphatic heterocycles. The van der Waals surface area contributed by atoms with Gasteiger partial charge < -0.3 is 9.47 Å². The Morgan fingerprint density at radius 2 is 1.75 bits per heavy atom. The van der Waals surface area contributed by atoms with Crippen molar-refractivity contribution in [2.24, 2.45) is 5.18 Å². The van der Waals surface area contributed by atoms with E-state index in [4.69, 9.17) is 21.1 Å². The zero-order chi connectivity index (χ0) is 22.8. The Hall–Kier alpha value is -2.78. The highest BCUT2D eigenvalue weighted by atomic mass is 35.5. The number of aromatic nitrogens is 3. The molecule has 2 aromatic carbocycles. The first-order chi connectivity index (χ1) is 15.7. The Bertz CT molecular complexity index is 991. The van der Waals surface area contributed by atoms with Gasteiger partial charge in [0.25, 0.3) is 0 Å². The lowest BCUT2D eigenvalue weighted by molar-refractivity contribution is 0.390. The van der Waals surface area contributed by atoms with Crippen molar-refractivity contribution in [1.29, 1.82) is 0 Å². The number of methoxy groups -OCH3 is 2. The van der Waals surface area contributed by atoms with Crippen LogP contribution in [0, 0.1) is 4.91 Å². The van der Waals surface area contributed by atoms with Gasteiger partial charge in [0.15, 0.2) is 0 Å². The quantitative estimate of drug-likeness (QED) is 0.203. The Labute approximate surface area is 196 Å². The molecule has 0 fully saturated rings. The van der Waals surface area contributed by atoms with Crippen molar-refractivity contribution < 1.29 is 9.47 Å². The molecule has 0 aliphatic rings. The standard InChI is InChI=1S/C22H26ClN5O3S/c1-30-18-6-5-7-19(31-2)21(18)28-20(8-3-4-14-24-29)25-26-22(28)27-32-15-13-16-9-11-17(23)12-10-16/h5-7,9-12H,3-4,8,13-15H2,1-2H3,(H,26,27). The van der Waals surface area contributed by atoms with E-state index in [0.29, 0.717) is 30.3 Å². The lowest BCUT2D eigenvalue weighted by Gasteiger charge is -2.17. The van der Waals surface area contributed by atoms with Crippen LogP contribution >= 0.6 is 23.5 Å². The van der Waals surface area contributed by atoms with E-state index in [1.807, 2.05) is 47.0 Å². The number of hydrogen-bond donors (Lipinski definition) is 1. The summed E-state index contributed by atoms with van der Waals surface area (Å²) in [6.07, 6.45) is 2.98. The van der Waals surface area contributed by atoms with Crippen LogP contribution in [-0.2, 0) is 12.8 Å². The lowest BCUT2D eigenvalue weighted by Crippen LogP contribution is -2.09. The van der Waals surface area contributed by atoms with Crippen molar-refractivity contribution >= 4 is 29.5 Å². The Kier molecular flexibility index (Phi) is 9.18. The van der Waals surface area contributed by atoms with Crippen molar-refractivity contribution in [2.75, 3.05) is 31.2 Å². The van der Waals surface area contributed by atoms with Gasteiger partial charge >= 0.3 is 0 Å². The van der Waals surface area contributed by atoms with Gasteiger partial charge in [-0.1, -0.05) is 35.0 Å². The van der Waals surface area contributed by atoms with Gasteiger partial charge in [0.05, 0.1) is 20.8 Å². The van der Waals surface area contributed by atoms with Gasteiger partial charge in [-0.25, -0.2) is 0 Å². The normalized spacial score (nSPS) is 10.7. The Morgan fingerprint density at radius 3 is 2.41 bits per heavy atom. The van der Waals surface area contributed by atoms with Crippen LogP contribution < -0.4 is 14.2 Å². The van der Waals surface area contributed by atoms with Crippen LogP contribution in [0.15, 0.2) is 47.6 Å². The second-order valence-corrected chi connectivity index (χ2v) is 8.26. The van der Waals surface area contributed by atoms with Gasteiger partial charge in [-0.15, -0.1) is 10.2 Å². The summed E-state index contributed by atoms with van der Waals surface area (Å²) in [5, 5.41) is 12.4. The van der Waals surface area contributed by atoms with E-state index in [9.17, 15) is 4.91 Å². The largest absolute Gasteiger partial charge is 0.494 e. The summed E-state index contributed by atoms with van der Waals surface area (Å²) in [6.45, 7) is 0.289. The Morgan fingerprint density at radius 1 is 1.03 bits per heavy atom. The van der Waals surface area contributed by atoms with Gasteiger partial charge in [-0.3, -0.25) is 9.29 Å². The first kappa shape index (κ1) is 23.9. The first-order valence-electron chi connectivity index (χ1n) is 10.2. The van der Waals surface area contributed by atoms with Crippen LogP contribution in [0.4, 0.5) is 5.95 Å². The maximum Gasteiger partial charge on any atom is 0.239 e. The van der Waals surface area contributed by atoms with Gasteiger partial charge in [0, 0.05) is 17.2 Å². The molecule has 1 heterocycles. The van der Waals surface area contributed by atoms with E-state index >= 15 is 0 Å². The van der Waals surface area contributed by atoms with Crippen molar-refractivity contribution in [1.82, 2.24) is 14.8 Å². The predicted octanol–water partition coefficient (Wildman–Crippen LogP) is 5.33. The number of rotatable bonds is 13. The number of halogens is 1. The third-order valence-corrected chi connectivity index (χ3v) is 5.81. The molecule has 1 aromatic heterocycles. The number of nitrogens with zero attached hydrogens (tertiary/aromatic N) is 4. The molecule has 0 saturated heterocycles. The van der Waals surface area contributed by atoms with Crippen LogP contribution in [0.2, 0.25) is 5.02 Å². The highest BCUT2D eigenvalue weighted by molar-refractivity contribution is 8.00. The number of aryl methyl sites for hydroxylation is 2. The SMILES string of the molecule is COc1cccc(OC)c1-n1c(CCCCN=O)nnc1NSCCc1ccc(Cl)cc1. The number of nitrogens with one attached hydrogen (secondary N) is 1. The molecule has 8 nitrogen and oxygen atoms in total. The number of benzene rings is 2. The average Bonchev–Trinajstić information content (AvgIpc) is 3.22. The molecular weight excluding hydrogens is 450 g/mol. The minimum atomic E-state index is 0.289.